The van der Waals surface area contributed by atoms with Crippen LogP contribution in [0.1, 0.15) is 98.2 Å². The summed E-state index contributed by atoms with van der Waals surface area (Å²) < 4.78 is 15.0. The Labute approximate surface area is 201 Å². The van der Waals surface area contributed by atoms with E-state index in [4.69, 9.17) is 9.30 Å². The van der Waals surface area contributed by atoms with Gasteiger partial charge in [-0.05, 0) is 16.2 Å². The van der Waals surface area contributed by atoms with E-state index < -0.39 is 0 Å². The molecular formula is C22H36MoO2P4. The second kappa shape index (κ2) is 15.7. The van der Waals surface area contributed by atoms with Crippen molar-refractivity contribution in [1.29, 1.82) is 0 Å². The summed E-state index contributed by atoms with van der Waals surface area (Å²) in [5.74, 6) is 0. The molecule has 0 radical (unpaired) electrons. The first-order chi connectivity index (χ1) is 12.4. The van der Waals surface area contributed by atoms with Gasteiger partial charge in [0.05, 0.1) is 0 Å². The average Bonchev–Trinajstić information content (AvgIpc) is 2.55. The van der Waals surface area contributed by atoms with Crippen LogP contribution in [0.2, 0.25) is 0 Å². The first-order valence-corrected chi connectivity index (χ1v) is 12.1. The second-order valence-electron chi connectivity index (χ2n) is 10.4. The van der Waals surface area contributed by atoms with E-state index in [9.17, 15) is 0 Å². The Bertz CT molecular complexity index is 593. The summed E-state index contributed by atoms with van der Waals surface area (Å²) >= 11 is 0. The Kier molecular flexibility index (Phi) is 20.1. The zero-order valence-electron chi connectivity index (χ0n) is 20.0. The van der Waals surface area contributed by atoms with Crippen molar-refractivity contribution in [3.05, 3.63) is 28.4 Å². The van der Waals surface area contributed by atoms with Gasteiger partial charge in [0, 0.05) is 36.1 Å². The largest absolute Gasteiger partial charge is 0 e. The van der Waals surface area contributed by atoms with Gasteiger partial charge in [0.15, 0.2) is 0 Å². The molecule has 0 unspecified atom stereocenters. The molecule has 0 aromatic carbocycles. The van der Waals surface area contributed by atoms with E-state index in [1.54, 1.807) is 15.1 Å². The van der Waals surface area contributed by atoms with Crippen LogP contribution in [-0.4, -0.2) is 0 Å². The van der Waals surface area contributed by atoms with E-state index in [0.29, 0.717) is 16.2 Å². The van der Waals surface area contributed by atoms with Gasteiger partial charge in [0.25, 0.3) is 0 Å². The van der Waals surface area contributed by atoms with Gasteiger partial charge in [0.1, 0.15) is 0 Å². The molecule has 1 aromatic rings. The molecule has 0 aliphatic carbocycles. The molecule has 0 fully saturated rings. The van der Waals surface area contributed by atoms with Crippen LogP contribution >= 0.6 is 33.3 Å². The van der Waals surface area contributed by atoms with E-state index in [-0.39, 0.29) is 26.5 Å². The maximum absolute atomic E-state index is 7.50. The van der Waals surface area contributed by atoms with E-state index in [1.165, 1.54) is 24.6 Å². The third-order valence-corrected chi connectivity index (χ3v) is 10.7. The Balaban J connectivity index is -0.000000241. The van der Waals surface area contributed by atoms with E-state index in [1.807, 2.05) is 0 Å². The van der Waals surface area contributed by atoms with Crippen molar-refractivity contribution >= 4 is 33.3 Å². The van der Waals surface area contributed by atoms with Crippen LogP contribution in [0.3, 0.4) is 0 Å². The van der Waals surface area contributed by atoms with Gasteiger partial charge in [-0.15, -0.1) is 0 Å². The molecule has 0 N–H and O–H groups in total. The summed E-state index contributed by atoms with van der Waals surface area (Å²) in [4.78, 5) is 0. The van der Waals surface area contributed by atoms with Crippen molar-refractivity contribution in [3.8, 4) is 5.63 Å². The molecule has 0 bridgehead atoms. The van der Waals surface area contributed by atoms with Crippen molar-refractivity contribution < 1.29 is 30.4 Å². The molecule has 0 atom stereocenters. The van der Waals surface area contributed by atoms with Gasteiger partial charge in [0.2, 0.25) is 0 Å². The molecule has 7 heteroatoms. The molecule has 1 aromatic heterocycles. The minimum absolute atomic E-state index is 0. The van der Waals surface area contributed by atoms with Crippen LogP contribution in [0.4, 0.5) is 0 Å². The Morgan fingerprint density at radius 1 is 0.586 bits per heavy atom. The van der Waals surface area contributed by atoms with Gasteiger partial charge in [-0.1, -0.05) is 86.9 Å². The fourth-order valence-corrected chi connectivity index (χ4v) is 7.11. The Morgan fingerprint density at radius 2 is 0.724 bits per heavy atom. The molecular weight excluding hydrogens is 516 g/mol. The minimum Gasteiger partial charge on any atom is 0 e. The Morgan fingerprint density at radius 3 is 0.793 bits per heavy atom. The average molecular weight is 552 g/mol. The second-order valence-corrected chi connectivity index (χ2v) is 15.1. The van der Waals surface area contributed by atoms with Crippen LogP contribution in [0, 0.1) is 24.3 Å². The van der Waals surface area contributed by atoms with Gasteiger partial charge in [-0.25, -0.2) is 0 Å². The van der Waals surface area contributed by atoms with Crippen molar-refractivity contribution in [2.75, 3.05) is 0 Å². The predicted molar refractivity (Wildman–Crippen MR) is 128 cm³/mol. The molecule has 0 saturated heterocycles. The summed E-state index contributed by atoms with van der Waals surface area (Å²) in [6, 6.07) is 0. The van der Waals surface area contributed by atoms with Crippen molar-refractivity contribution in [3.63, 3.8) is 0 Å². The molecule has 1 rings (SSSR count). The first kappa shape index (κ1) is 37.2. The number of hydrogen-bond donors (Lipinski definition) is 0. The van der Waals surface area contributed by atoms with Gasteiger partial charge < -0.3 is 0 Å². The fourth-order valence-electron chi connectivity index (χ4n) is 1.38. The van der Waals surface area contributed by atoms with Crippen LogP contribution in [0.15, 0.2) is 0 Å². The quantitative estimate of drug-likeness (QED) is 0.133. The molecule has 0 aliphatic heterocycles. The SMILES string of the molecule is CC(C)(C)C#P.CC(C)(C)c1pc(C(C)(C)C)pc(C(C)(C)C)p1.[C-]#[O+].[C-]#[O+].[Mo]. The van der Waals surface area contributed by atoms with E-state index in [0.717, 1.165) is 0 Å². The fraction of sp³-hybridized carbons (Fsp3) is 0.727. The third kappa shape index (κ3) is 18.2. The molecule has 29 heavy (non-hydrogen) atoms. The third-order valence-electron chi connectivity index (χ3n) is 2.98. The maximum atomic E-state index is 7.50. The summed E-state index contributed by atoms with van der Waals surface area (Å²) in [5.41, 5.74) is 3.89. The van der Waals surface area contributed by atoms with Gasteiger partial charge >= 0.3 is 63.1 Å². The van der Waals surface area contributed by atoms with Crippen molar-refractivity contribution in [1.82, 2.24) is 0 Å². The summed E-state index contributed by atoms with van der Waals surface area (Å²) in [5, 5.41) is 4.99. The van der Waals surface area contributed by atoms with Crippen LogP contribution in [-0.2, 0) is 46.6 Å². The number of hydrogen-bond acceptors (Lipinski definition) is 0. The number of rotatable bonds is 0. The maximum Gasteiger partial charge on any atom is 0 e. The minimum atomic E-state index is 0. The molecule has 162 valence electrons. The van der Waals surface area contributed by atoms with Crippen LogP contribution in [0.5, 0.6) is 0 Å². The van der Waals surface area contributed by atoms with Crippen LogP contribution < -0.4 is 0 Å². The van der Waals surface area contributed by atoms with E-state index in [2.05, 4.69) is 111 Å². The standard InChI is InChI=1S/C15H27P3.C5H9P.2CO.Mo/c1-13(2,3)10-16-11(14(4,5)6)18-12(17-10)15(7,8)9;1-5(2,3)4-6;2*1-2;/h1-9H3;1-3H3;;;. The molecule has 0 aliphatic rings. The normalized spacial score (nSPS) is 11.7. The van der Waals surface area contributed by atoms with E-state index >= 15 is 0 Å². The monoisotopic (exact) mass is 554 g/mol. The smallest absolute Gasteiger partial charge is 0 e. The van der Waals surface area contributed by atoms with Gasteiger partial charge in [-0.3, -0.25) is 0 Å². The zero-order chi connectivity index (χ0) is 23.6. The molecule has 1 heterocycles. The molecule has 0 saturated carbocycles. The summed E-state index contributed by atoms with van der Waals surface area (Å²) in [7, 11) is 8.34. The molecule has 2 nitrogen and oxygen atoms in total. The topological polar surface area (TPSA) is 39.8 Å². The molecule has 0 amide bonds. The predicted octanol–water partition coefficient (Wildman–Crippen LogP) is 9.64. The Hall–Kier alpha value is 0.888. The van der Waals surface area contributed by atoms with Crippen molar-refractivity contribution in [2.24, 2.45) is 5.41 Å². The first-order valence-electron chi connectivity index (χ1n) is 8.97. The zero-order valence-corrected chi connectivity index (χ0v) is 25.6. The van der Waals surface area contributed by atoms with Gasteiger partial charge in [-0.2, -0.15) is 0 Å². The summed E-state index contributed by atoms with van der Waals surface area (Å²) in [6.07, 6.45) is 0. The summed E-state index contributed by atoms with van der Waals surface area (Å²) in [6.45, 7) is 36.3. The van der Waals surface area contributed by atoms with Crippen molar-refractivity contribution in [2.45, 2.75) is 99.3 Å². The molecule has 0 spiro atoms. The van der Waals surface area contributed by atoms with Crippen LogP contribution in [0.25, 0.3) is 0 Å².